The number of benzene rings is 2. The summed E-state index contributed by atoms with van der Waals surface area (Å²) in [6.45, 7) is 5.06. The second kappa shape index (κ2) is 12.2. The summed E-state index contributed by atoms with van der Waals surface area (Å²) in [5.41, 5.74) is 0.848. The number of carbonyl (C=O) groups excluding carboxylic acids is 2. The highest BCUT2D eigenvalue weighted by atomic mass is 35.5. The molecule has 0 radical (unpaired) electrons. The lowest BCUT2D eigenvalue weighted by atomic mass is 10.1. The summed E-state index contributed by atoms with van der Waals surface area (Å²) < 4.78 is 39.5. The number of nitrogens with zero attached hydrogens (tertiary/aromatic N) is 2. The number of sulfonamides is 1. The molecule has 2 rings (SSSR count). The first kappa shape index (κ1) is 27.6. The molecule has 0 aliphatic carbocycles. The van der Waals surface area contributed by atoms with Crippen LogP contribution in [-0.4, -0.2) is 50.0 Å². The molecule has 0 unspecified atom stereocenters. The van der Waals surface area contributed by atoms with Crippen LogP contribution >= 0.6 is 11.6 Å². The van der Waals surface area contributed by atoms with Crippen molar-refractivity contribution >= 4 is 39.1 Å². The van der Waals surface area contributed by atoms with E-state index in [1.807, 2.05) is 13.8 Å². The Kier molecular flexibility index (Phi) is 9.88. The van der Waals surface area contributed by atoms with Crippen molar-refractivity contribution in [3.8, 4) is 0 Å². The molecular weight excluding hydrogens is 481 g/mol. The van der Waals surface area contributed by atoms with Gasteiger partial charge in [0.25, 0.3) is 0 Å². The summed E-state index contributed by atoms with van der Waals surface area (Å²) in [6.07, 6.45) is 2.02. The fourth-order valence-electron chi connectivity index (χ4n) is 3.39. The van der Waals surface area contributed by atoms with Gasteiger partial charge in [-0.05, 0) is 55.7 Å². The van der Waals surface area contributed by atoms with E-state index in [1.165, 1.54) is 41.3 Å². The Morgan fingerprint density at radius 2 is 1.74 bits per heavy atom. The molecule has 10 heteroatoms. The van der Waals surface area contributed by atoms with E-state index >= 15 is 0 Å². The quantitative estimate of drug-likeness (QED) is 0.494. The lowest BCUT2D eigenvalue weighted by Gasteiger charge is -2.33. The standard InChI is InChI=1S/C24H31ClFN3O4S/c1-5-17(3)27-24(31)22(6-2)28(15-18-10-12-20(26)13-11-18)23(30)16-29(34(4,32)33)21-9-7-8-19(25)14-21/h7-14,17,22H,5-6,15-16H2,1-4H3,(H,27,31)/t17-,22-/m1/s1. The summed E-state index contributed by atoms with van der Waals surface area (Å²) >= 11 is 6.03. The molecule has 0 saturated carbocycles. The third-order valence-corrected chi connectivity index (χ3v) is 6.80. The second-order valence-electron chi connectivity index (χ2n) is 8.14. The molecule has 0 spiro atoms. The number of rotatable bonds is 11. The Balaban J connectivity index is 2.43. The summed E-state index contributed by atoms with van der Waals surface area (Å²) in [7, 11) is -3.84. The maximum atomic E-state index is 13.5. The van der Waals surface area contributed by atoms with Crippen molar-refractivity contribution in [1.82, 2.24) is 10.2 Å². The number of nitrogens with one attached hydrogen (secondary N) is 1. The molecule has 0 aliphatic rings. The highest BCUT2D eigenvalue weighted by molar-refractivity contribution is 7.92. The lowest BCUT2D eigenvalue weighted by molar-refractivity contribution is -0.140. The van der Waals surface area contributed by atoms with Crippen molar-refractivity contribution < 1.29 is 22.4 Å². The van der Waals surface area contributed by atoms with Gasteiger partial charge in [-0.1, -0.05) is 43.6 Å². The number of halogens is 2. The minimum Gasteiger partial charge on any atom is -0.352 e. The van der Waals surface area contributed by atoms with E-state index in [0.29, 0.717) is 23.4 Å². The van der Waals surface area contributed by atoms with Crippen LogP contribution in [0.25, 0.3) is 0 Å². The number of anilines is 1. The Morgan fingerprint density at radius 3 is 2.26 bits per heavy atom. The molecule has 2 aromatic rings. The number of hydrogen-bond donors (Lipinski definition) is 1. The zero-order chi connectivity index (χ0) is 25.5. The van der Waals surface area contributed by atoms with Crippen molar-refractivity contribution in [3.05, 3.63) is 64.9 Å². The van der Waals surface area contributed by atoms with Gasteiger partial charge in [0.1, 0.15) is 18.4 Å². The van der Waals surface area contributed by atoms with Crippen LogP contribution in [0.1, 0.15) is 39.2 Å². The number of carbonyl (C=O) groups is 2. The molecule has 2 amide bonds. The molecule has 0 saturated heterocycles. The van der Waals surface area contributed by atoms with Crippen LogP contribution in [0.3, 0.4) is 0 Å². The first-order valence-electron chi connectivity index (χ1n) is 11.0. The molecule has 0 fully saturated rings. The lowest BCUT2D eigenvalue weighted by Crippen LogP contribution is -2.53. The van der Waals surface area contributed by atoms with E-state index in [9.17, 15) is 22.4 Å². The molecule has 7 nitrogen and oxygen atoms in total. The zero-order valence-electron chi connectivity index (χ0n) is 19.8. The van der Waals surface area contributed by atoms with Crippen LogP contribution in [0.5, 0.6) is 0 Å². The minimum atomic E-state index is -3.84. The Morgan fingerprint density at radius 1 is 1.09 bits per heavy atom. The molecule has 0 aliphatic heterocycles. The van der Waals surface area contributed by atoms with E-state index in [2.05, 4.69) is 5.32 Å². The molecule has 2 atom stereocenters. The van der Waals surface area contributed by atoms with Crippen LogP contribution in [0.2, 0.25) is 5.02 Å². The molecule has 0 bridgehead atoms. The first-order valence-corrected chi connectivity index (χ1v) is 13.3. The third kappa shape index (κ3) is 7.70. The molecule has 34 heavy (non-hydrogen) atoms. The van der Waals surface area contributed by atoms with E-state index < -0.39 is 34.3 Å². The molecule has 2 aromatic carbocycles. The molecule has 186 valence electrons. The van der Waals surface area contributed by atoms with Gasteiger partial charge in [0.2, 0.25) is 21.8 Å². The largest absolute Gasteiger partial charge is 0.352 e. The van der Waals surface area contributed by atoms with E-state index in [4.69, 9.17) is 11.6 Å². The molecule has 0 heterocycles. The van der Waals surface area contributed by atoms with Gasteiger partial charge >= 0.3 is 0 Å². The fraction of sp³-hybridized carbons (Fsp3) is 0.417. The minimum absolute atomic E-state index is 0.0126. The average Bonchev–Trinajstić information content (AvgIpc) is 2.77. The van der Waals surface area contributed by atoms with Crippen molar-refractivity contribution in [2.45, 2.75) is 52.2 Å². The third-order valence-electron chi connectivity index (χ3n) is 5.43. The maximum Gasteiger partial charge on any atom is 0.244 e. The van der Waals surface area contributed by atoms with Crippen molar-refractivity contribution in [1.29, 1.82) is 0 Å². The van der Waals surface area contributed by atoms with Gasteiger partial charge in [-0.25, -0.2) is 12.8 Å². The number of hydrogen-bond acceptors (Lipinski definition) is 4. The maximum absolute atomic E-state index is 13.5. The van der Waals surface area contributed by atoms with E-state index in [0.717, 1.165) is 10.6 Å². The van der Waals surface area contributed by atoms with Gasteiger partial charge in [-0.3, -0.25) is 13.9 Å². The van der Waals surface area contributed by atoms with Gasteiger partial charge in [0.15, 0.2) is 0 Å². The monoisotopic (exact) mass is 511 g/mol. The van der Waals surface area contributed by atoms with Gasteiger partial charge in [0, 0.05) is 17.6 Å². The Labute approximate surface area is 205 Å². The van der Waals surface area contributed by atoms with Gasteiger partial charge in [0.05, 0.1) is 11.9 Å². The average molecular weight is 512 g/mol. The zero-order valence-corrected chi connectivity index (χ0v) is 21.4. The SMILES string of the molecule is CC[C@@H](C)NC(=O)[C@@H](CC)N(Cc1ccc(F)cc1)C(=O)CN(c1cccc(Cl)c1)S(C)(=O)=O. The second-order valence-corrected chi connectivity index (χ2v) is 10.5. The number of amides is 2. The van der Waals surface area contributed by atoms with Crippen molar-refractivity contribution in [3.63, 3.8) is 0 Å². The summed E-state index contributed by atoms with van der Waals surface area (Å²) in [5.74, 6) is -1.32. The topological polar surface area (TPSA) is 86.8 Å². The predicted molar refractivity (Wildman–Crippen MR) is 133 cm³/mol. The Bertz CT molecular complexity index is 1100. The molecular formula is C24H31ClFN3O4S. The van der Waals surface area contributed by atoms with Crippen LogP contribution < -0.4 is 9.62 Å². The molecule has 1 N–H and O–H groups in total. The molecule has 0 aromatic heterocycles. The van der Waals surface area contributed by atoms with Gasteiger partial charge in [-0.15, -0.1) is 0 Å². The van der Waals surface area contributed by atoms with Crippen LogP contribution in [0.4, 0.5) is 10.1 Å². The Hall–Kier alpha value is -2.65. The summed E-state index contributed by atoms with van der Waals surface area (Å²) in [4.78, 5) is 27.9. The van der Waals surface area contributed by atoms with E-state index in [-0.39, 0.29) is 24.2 Å². The van der Waals surface area contributed by atoms with Gasteiger partial charge in [-0.2, -0.15) is 0 Å². The van der Waals surface area contributed by atoms with E-state index in [1.54, 1.807) is 19.1 Å². The highest BCUT2D eigenvalue weighted by Crippen LogP contribution is 2.23. The summed E-state index contributed by atoms with van der Waals surface area (Å²) in [5, 5.41) is 3.21. The van der Waals surface area contributed by atoms with Crippen LogP contribution in [0, 0.1) is 5.82 Å². The summed E-state index contributed by atoms with van der Waals surface area (Å²) in [6, 6.07) is 10.8. The van der Waals surface area contributed by atoms with Crippen LogP contribution in [0.15, 0.2) is 48.5 Å². The first-order chi connectivity index (χ1) is 16.0. The highest BCUT2D eigenvalue weighted by Gasteiger charge is 2.32. The smallest absolute Gasteiger partial charge is 0.244 e. The fourth-order valence-corrected chi connectivity index (χ4v) is 4.42. The van der Waals surface area contributed by atoms with Crippen LogP contribution in [-0.2, 0) is 26.2 Å². The van der Waals surface area contributed by atoms with Gasteiger partial charge < -0.3 is 10.2 Å². The normalized spacial score (nSPS) is 13.1. The van der Waals surface area contributed by atoms with Crippen molar-refractivity contribution in [2.24, 2.45) is 0 Å². The van der Waals surface area contributed by atoms with Crippen molar-refractivity contribution in [2.75, 3.05) is 17.1 Å². The predicted octanol–water partition coefficient (Wildman–Crippen LogP) is 3.97.